The van der Waals surface area contributed by atoms with Gasteiger partial charge in [-0.1, -0.05) is 48.5 Å². The molecule has 0 aliphatic carbocycles. The molecule has 0 fully saturated rings. The first-order valence-electron chi connectivity index (χ1n) is 11.3. The van der Waals surface area contributed by atoms with Gasteiger partial charge in [0.25, 0.3) is 0 Å². The molecule has 1 atom stereocenters. The Morgan fingerprint density at radius 3 is 2.56 bits per heavy atom. The van der Waals surface area contributed by atoms with E-state index in [9.17, 15) is 9.90 Å². The van der Waals surface area contributed by atoms with Crippen molar-refractivity contribution >= 4 is 28.6 Å². The van der Waals surface area contributed by atoms with E-state index in [0.717, 1.165) is 22.2 Å². The zero-order valence-electron chi connectivity index (χ0n) is 19.0. The number of phenols is 1. The van der Waals surface area contributed by atoms with Gasteiger partial charge in [-0.25, -0.2) is 9.78 Å². The van der Waals surface area contributed by atoms with E-state index in [-0.39, 0.29) is 12.4 Å². The first kappa shape index (κ1) is 21.6. The number of phenolic OH excluding ortho intramolecular Hbond substituents is 1. The number of anilines is 1. The molecular formula is C27H25N3O4. The Bertz CT molecular complexity index is 1390. The van der Waals surface area contributed by atoms with Gasteiger partial charge in [0.15, 0.2) is 11.5 Å². The van der Waals surface area contributed by atoms with Gasteiger partial charge in [0.2, 0.25) is 5.95 Å². The lowest BCUT2D eigenvalue weighted by molar-refractivity contribution is -0.138. The van der Waals surface area contributed by atoms with Gasteiger partial charge in [-0.2, -0.15) is 0 Å². The van der Waals surface area contributed by atoms with Gasteiger partial charge >= 0.3 is 5.97 Å². The van der Waals surface area contributed by atoms with Crippen LogP contribution in [0, 0.1) is 0 Å². The highest BCUT2D eigenvalue weighted by Gasteiger charge is 2.37. The van der Waals surface area contributed by atoms with Gasteiger partial charge in [0.1, 0.15) is 0 Å². The summed E-state index contributed by atoms with van der Waals surface area (Å²) in [5.41, 5.74) is 4.38. The zero-order valence-corrected chi connectivity index (χ0v) is 19.0. The lowest BCUT2D eigenvalue weighted by Gasteiger charge is -2.31. The van der Waals surface area contributed by atoms with Crippen LogP contribution in [0.25, 0.3) is 16.7 Å². The molecule has 4 aromatic rings. The average molecular weight is 456 g/mol. The fourth-order valence-corrected chi connectivity index (χ4v) is 4.38. The van der Waals surface area contributed by atoms with Gasteiger partial charge in [-0.05, 0) is 49.2 Å². The standard InChI is InChI=1S/C27H25N3O4/c1-3-33-22-16-18(14-15-21(22)31)25-23(26(32)34-4-2)24(17-10-6-5-7-11-17)29-27-28-19-12-8-9-13-20(19)30(25)27/h5-16,25,31H,3-4H2,1-2H3,(H,28,29)/t25-/m0/s1. The number of esters is 1. The van der Waals surface area contributed by atoms with Crippen LogP contribution >= 0.6 is 0 Å². The zero-order chi connectivity index (χ0) is 23.7. The van der Waals surface area contributed by atoms with Crippen LogP contribution in [0.5, 0.6) is 11.5 Å². The number of aromatic nitrogens is 2. The second-order valence-corrected chi connectivity index (χ2v) is 7.86. The van der Waals surface area contributed by atoms with E-state index >= 15 is 0 Å². The van der Waals surface area contributed by atoms with Gasteiger partial charge in [0, 0.05) is 0 Å². The number of nitrogens with one attached hydrogen (secondary N) is 1. The minimum absolute atomic E-state index is 0.0418. The van der Waals surface area contributed by atoms with Crippen molar-refractivity contribution in [2.24, 2.45) is 0 Å². The number of ether oxygens (including phenoxy) is 2. The van der Waals surface area contributed by atoms with E-state index < -0.39 is 12.0 Å². The summed E-state index contributed by atoms with van der Waals surface area (Å²) in [5.74, 6) is 0.589. The van der Waals surface area contributed by atoms with Crippen LogP contribution in [0.2, 0.25) is 0 Å². The average Bonchev–Trinajstić information content (AvgIpc) is 3.23. The monoisotopic (exact) mass is 455 g/mol. The Kier molecular flexibility index (Phi) is 5.67. The Balaban J connectivity index is 1.82. The Hall–Kier alpha value is -4.26. The molecule has 0 unspecified atom stereocenters. The normalized spacial score (nSPS) is 15.1. The number of imidazole rings is 1. The third-order valence-electron chi connectivity index (χ3n) is 5.79. The number of rotatable bonds is 6. The topological polar surface area (TPSA) is 85.6 Å². The van der Waals surface area contributed by atoms with Crippen LogP contribution in [0.3, 0.4) is 0 Å². The van der Waals surface area contributed by atoms with Crippen LogP contribution in [-0.4, -0.2) is 33.8 Å². The Morgan fingerprint density at radius 2 is 1.79 bits per heavy atom. The van der Waals surface area contributed by atoms with E-state index in [1.165, 1.54) is 0 Å². The van der Waals surface area contributed by atoms with E-state index in [1.807, 2.05) is 66.1 Å². The lowest BCUT2D eigenvalue weighted by Crippen LogP contribution is -2.29. The highest BCUT2D eigenvalue weighted by Crippen LogP contribution is 2.43. The summed E-state index contributed by atoms with van der Waals surface area (Å²) in [6.45, 7) is 4.29. The van der Waals surface area contributed by atoms with Gasteiger partial charge in [-0.15, -0.1) is 0 Å². The highest BCUT2D eigenvalue weighted by atomic mass is 16.5. The summed E-state index contributed by atoms with van der Waals surface area (Å²) in [5, 5.41) is 13.7. The maximum absolute atomic E-state index is 13.5. The van der Waals surface area contributed by atoms with Crippen molar-refractivity contribution in [2.75, 3.05) is 18.5 Å². The van der Waals surface area contributed by atoms with E-state index in [2.05, 4.69) is 5.32 Å². The van der Waals surface area contributed by atoms with Crippen molar-refractivity contribution in [2.45, 2.75) is 19.9 Å². The molecule has 3 aromatic carbocycles. The third kappa shape index (κ3) is 3.65. The molecule has 0 radical (unpaired) electrons. The molecule has 34 heavy (non-hydrogen) atoms. The maximum Gasteiger partial charge on any atom is 0.338 e. The number of aromatic hydroxyl groups is 1. The summed E-state index contributed by atoms with van der Waals surface area (Å²) < 4.78 is 13.2. The second-order valence-electron chi connectivity index (χ2n) is 7.86. The molecule has 7 nitrogen and oxygen atoms in total. The summed E-state index contributed by atoms with van der Waals surface area (Å²) in [6, 6.07) is 22.1. The number of para-hydroxylation sites is 2. The highest BCUT2D eigenvalue weighted by molar-refractivity contribution is 6.03. The van der Waals surface area contributed by atoms with E-state index in [1.54, 1.807) is 25.1 Å². The van der Waals surface area contributed by atoms with Crippen LogP contribution in [-0.2, 0) is 9.53 Å². The first-order valence-corrected chi connectivity index (χ1v) is 11.3. The molecular weight excluding hydrogens is 430 g/mol. The predicted molar refractivity (Wildman–Crippen MR) is 131 cm³/mol. The van der Waals surface area contributed by atoms with Crippen LogP contribution in [0.15, 0.2) is 78.4 Å². The minimum Gasteiger partial charge on any atom is -0.504 e. The lowest BCUT2D eigenvalue weighted by atomic mass is 9.92. The fraction of sp³-hybridized carbons (Fsp3) is 0.185. The number of nitrogens with zero attached hydrogens (tertiary/aromatic N) is 2. The number of hydrogen-bond donors (Lipinski definition) is 2. The van der Waals surface area contributed by atoms with Gasteiger partial charge in [0.05, 0.1) is 41.6 Å². The molecule has 0 bridgehead atoms. The van der Waals surface area contributed by atoms with Crippen molar-refractivity contribution in [3.8, 4) is 11.5 Å². The van der Waals surface area contributed by atoms with E-state index in [4.69, 9.17) is 14.5 Å². The third-order valence-corrected chi connectivity index (χ3v) is 5.79. The summed E-state index contributed by atoms with van der Waals surface area (Å²) >= 11 is 0. The molecule has 2 N–H and O–H groups in total. The number of carbonyl (C=O) groups is 1. The molecule has 1 aliphatic heterocycles. The molecule has 1 aliphatic rings. The smallest absolute Gasteiger partial charge is 0.338 e. The first-order chi connectivity index (χ1) is 16.6. The van der Waals surface area contributed by atoms with Crippen LogP contribution in [0.1, 0.15) is 31.0 Å². The van der Waals surface area contributed by atoms with Crippen molar-refractivity contribution in [3.05, 3.63) is 89.5 Å². The van der Waals surface area contributed by atoms with Crippen molar-refractivity contribution < 1.29 is 19.4 Å². The number of benzene rings is 3. The van der Waals surface area contributed by atoms with Gasteiger partial charge < -0.3 is 19.9 Å². The SMILES string of the molecule is CCOC(=O)C1=C(c2ccccc2)Nc2nc3ccccc3n2[C@H]1c1ccc(O)c(OCC)c1. The Labute approximate surface area is 197 Å². The largest absolute Gasteiger partial charge is 0.504 e. The maximum atomic E-state index is 13.5. The van der Waals surface area contributed by atoms with E-state index in [0.29, 0.717) is 29.6 Å². The summed E-state index contributed by atoms with van der Waals surface area (Å²) in [7, 11) is 0. The van der Waals surface area contributed by atoms with Crippen molar-refractivity contribution in [3.63, 3.8) is 0 Å². The van der Waals surface area contributed by atoms with Crippen molar-refractivity contribution in [1.82, 2.24) is 9.55 Å². The molecule has 2 heterocycles. The molecule has 0 amide bonds. The molecule has 0 saturated heterocycles. The quantitative estimate of drug-likeness (QED) is 0.392. The number of hydrogen-bond acceptors (Lipinski definition) is 6. The Morgan fingerprint density at radius 1 is 1.03 bits per heavy atom. The van der Waals surface area contributed by atoms with Crippen LogP contribution in [0.4, 0.5) is 5.95 Å². The molecule has 0 spiro atoms. The molecule has 7 heteroatoms. The number of fused-ring (bicyclic) bond motifs is 3. The van der Waals surface area contributed by atoms with Crippen molar-refractivity contribution in [1.29, 1.82) is 0 Å². The summed E-state index contributed by atoms with van der Waals surface area (Å²) in [4.78, 5) is 18.3. The molecule has 0 saturated carbocycles. The molecule has 172 valence electrons. The molecule has 1 aromatic heterocycles. The number of carbonyl (C=O) groups excluding carboxylic acids is 1. The predicted octanol–water partition coefficient (Wildman–Crippen LogP) is 5.13. The minimum atomic E-state index is -0.558. The summed E-state index contributed by atoms with van der Waals surface area (Å²) in [6.07, 6.45) is 0. The van der Waals surface area contributed by atoms with Crippen LogP contribution < -0.4 is 10.1 Å². The fourth-order valence-electron chi connectivity index (χ4n) is 4.38. The molecule has 5 rings (SSSR count). The second kappa shape index (κ2) is 8.94. The van der Waals surface area contributed by atoms with Gasteiger partial charge in [-0.3, -0.25) is 4.57 Å².